The first-order valence-corrected chi connectivity index (χ1v) is 15.1. The molecule has 1 atom stereocenters. The van der Waals surface area contributed by atoms with Gasteiger partial charge in [0.15, 0.2) is 0 Å². The number of carbonyl (C=O) groups excluding carboxylic acids is 3. The highest BCUT2D eigenvalue weighted by Crippen LogP contribution is 2.28. The van der Waals surface area contributed by atoms with E-state index in [-0.39, 0.29) is 22.2 Å². The summed E-state index contributed by atoms with van der Waals surface area (Å²) in [5.41, 5.74) is 1.50. The lowest BCUT2D eigenvalue weighted by Gasteiger charge is -2.14. The highest BCUT2D eigenvalue weighted by Gasteiger charge is 2.19. The van der Waals surface area contributed by atoms with Crippen LogP contribution in [0.25, 0.3) is 6.08 Å². The quantitative estimate of drug-likeness (QED) is 0.0986. The highest BCUT2D eigenvalue weighted by molar-refractivity contribution is 8.00. The number of ether oxygens (including phenoxy) is 2. The van der Waals surface area contributed by atoms with Crippen LogP contribution in [-0.2, 0) is 9.59 Å². The van der Waals surface area contributed by atoms with Crippen molar-refractivity contribution in [1.29, 1.82) is 0 Å². The van der Waals surface area contributed by atoms with E-state index < -0.39 is 23.0 Å². The lowest BCUT2D eigenvalue weighted by Crippen LogP contribution is -2.30. The van der Waals surface area contributed by atoms with E-state index in [9.17, 15) is 24.3 Å². The van der Waals surface area contributed by atoms with Crippen LogP contribution in [0.1, 0.15) is 33.2 Å². The number of hydrogen-bond acceptors (Lipinski definition) is 7. The van der Waals surface area contributed by atoms with Crippen LogP contribution in [0.3, 0.4) is 0 Å². The molecule has 0 aliphatic carbocycles. The van der Waals surface area contributed by atoms with E-state index >= 15 is 0 Å². The Morgan fingerprint density at radius 2 is 1.54 bits per heavy atom. The Morgan fingerprint density at radius 1 is 0.848 bits per heavy atom. The molecule has 4 aromatic rings. The molecule has 46 heavy (non-hydrogen) atoms. The Morgan fingerprint density at radius 3 is 2.20 bits per heavy atom. The van der Waals surface area contributed by atoms with Gasteiger partial charge in [0, 0.05) is 27.4 Å². The summed E-state index contributed by atoms with van der Waals surface area (Å²) in [6, 6.07) is 24.7. The molecule has 0 heterocycles. The maximum absolute atomic E-state index is 13.5. The first-order chi connectivity index (χ1) is 22.1. The fraction of sp³-hybridized carbons (Fsp3) is 0.118. The average molecular weight is 660 g/mol. The first-order valence-electron chi connectivity index (χ1n) is 13.8. The summed E-state index contributed by atoms with van der Waals surface area (Å²) in [6.45, 7) is 1.71. The first kappa shape index (κ1) is 33.6. The second-order valence-corrected chi connectivity index (χ2v) is 11.5. The van der Waals surface area contributed by atoms with Crippen LogP contribution in [0.4, 0.5) is 11.4 Å². The molecule has 10 nitrogen and oxygen atoms in total. The Kier molecular flexibility index (Phi) is 11.4. The molecule has 4 rings (SSSR count). The van der Waals surface area contributed by atoms with Crippen LogP contribution in [0.15, 0.2) is 102 Å². The summed E-state index contributed by atoms with van der Waals surface area (Å²) >= 11 is 7.18. The maximum atomic E-state index is 13.5. The van der Waals surface area contributed by atoms with E-state index in [2.05, 4.69) is 16.0 Å². The number of carbonyl (C=O) groups is 4. The molecule has 3 amide bonds. The summed E-state index contributed by atoms with van der Waals surface area (Å²) in [7, 11) is 3.02. The van der Waals surface area contributed by atoms with Crippen LogP contribution in [-0.4, -0.2) is 48.3 Å². The predicted octanol–water partition coefficient (Wildman–Crippen LogP) is 6.58. The zero-order chi connectivity index (χ0) is 33.2. The largest absolute Gasteiger partial charge is 0.497 e. The van der Waals surface area contributed by atoms with Crippen molar-refractivity contribution in [3.63, 3.8) is 0 Å². The zero-order valence-corrected chi connectivity index (χ0v) is 26.6. The number of methoxy groups -OCH3 is 2. The summed E-state index contributed by atoms with van der Waals surface area (Å²) in [6.07, 6.45) is 1.50. The third-order valence-corrected chi connectivity index (χ3v) is 7.97. The molecular weight excluding hydrogens is 630 g/mol. The molecule has 0 radical (unpaired) electrons. The second kappa shape index (κ2) is 15.6. The average Bonchev–Trinajstić information content (AvgIpc) is 3.06. The smallest absolute Gasteiger partial charge is 0.337 e. The number of thioether (sulfide) groups is 1. The number of aromatic carboxylic acids is 1. The minimum absolute atomic E-state index is 0.0302. The fourth-order valence-electron chi connectivity index (χ4n) is 4.13. The molecule has 0 aliphatic rings. The van der Waals surface area contributed by atoms with Crippen molar-refractivity contribution in [2.24, 2.45) is 0 Å². The summed E-state index contributed by atoms with van der Waals surface area (Å²) < 4.78 is 10.8. The van der Waals surface area contributed by atoms with Crippen LogP contribution in [0, 0.1) is 0 Å². The zero-order valence-electron chi connectivity index (χ0n) is 25.0. The van der Waals surface area contributed by atoms with Crippen molar-refractivity contribution in [2.45, 2.75) is 17.1 Å². The molecular formula is C34H30ClN3O7S. The van der Waals surface area contributed by atoms with E-state index in [0.717, 1.165) is 4.90 Å². The van der Waals surface area contributed by atoms with Gasteiger partial charge in [-0.25, -0.2) is 4.79 Å². The Hall–Kier alpha value is -5.26. The number of benzene rings is 4. The lowest BCUT2D eigenvalue weighted by molar-refractivity contribution is -0.115. The van der Waals surface area contributed by atoms with Gasteiger partial charge in [-0.15, -0.1) is 11.8 Å². The summed E-state index contributed by atoms with van der Waals surface area (Å²) in [5, 5.41) is 17.0. The van der Waals surface area contributed by atoms with Gasteiger partial charge in [-0.05, 0) is 85.8 Å². The number of nitrogens with one attached hydrogen (secondary N) is 3. The molecule has 1 unspecified atom stereocenters. The number of amides is 3. The van der Waals surface area contributed by atoms with Gasteiger partial charge in [-0.2, -0.15) is 0 Å². The highest BCUT2D eigenvalue weighted by atomic mass is 35.5. The van der Waals surface area contributed by atoms with Gasteiger partial charge >= 0.3 is 5.97 Å². The number of carboxylic acids is 1. The molecule has 0 spiro atoms. The third kappa shape index (κ3) is 8.90. The normalized spacial score (nSPS) is 11.6. The monoisotopic (exact) mass is 659 g/mol. The van der Waals surface area contributed by atoms with E-state index in [4.69, 9.17) is 21.1 Å². The van der Waals surface area contributed by atoms with Gasteiger partial charge in [0.25, 0.3) is 11.8 Å². The molecule has 4 aromatic carbocycles. The minimum Gasteiger partial charge on any atom is -0.497 e. The van der Waals surface area contributed by atoms with E-state index in [0.29, 0.717) is 34.0 Å². The van der Waals surface area contributed by atoms with Crippen LogP contribution < -0.4 is 25.4 Å². The minimum atomic E-state index is -1.20. The maximum Gasteiger partial charge on any atom is 0.337 e. The standard InChI is InChI=1S/C34H30ClN3O7S/c1-20(31(39)37-24-11-15-28(35)27(19-24)34(42)43)46-26-13-9-23(10-14-26)36-33(41)29(38-32(40)21-7-5-4-6-8-21)18-22-17-25(44-2)12-16-30(22)45-3/h4-20H,1-3H3,(H,36,41)(H,37,39)(H,38,40)(H,42,43)/b29-18-. The summed E-state index contributed by atoms with van der Waals surface area (Å²) in [4.78, 5) is 51.3. The van der Waals surface area contributed by atoms with Gasteiger partial charge < -0.3 is 30.5 Å². The second-order valence-electron chi connectivity index (χ2n) is 9.71. The van der Waals surface area contributed by atoms with Gasteiger partial charge in [-0.3, -0.25) is 14.4 Å². The van der Waals surface area contributed by atoms with Gasteiger partial charge in [0.2, 0.25) is 5.91 Å². The Bertz CT molecular complexity index is 1780. The molecule has 236 valence electrons. The number of carboxylic acid groups (broad SMARTS) is 1. The van der Waals surface area contributed by atoms with Gasteiger partial charge in [0.05, 0.1) is 30.1 Å². The fourth-order valence-corrected chi connectivity index (χ4v) is 5.20. The Labute approximate surface area is 274 Å². The number of halogens is 1. The number of anilines is 2. The SMILES string of the molecule is COc1ccc(OC)c(/C=C(\NC(=O)c2ccccc2)C(=O)Nc2ccc(SC(C)C(=O)Nc3ccc(Cl)c(C(=O)O)c3)cc2)c1. The topological polar surface area (TPSA) is 143 Å². The predicted molar refractivity (Wildman–Crippen MR) is 179 cm³/mol. The summed E-state index contributed by atoms with van der Waals surface area (Å²) in [5.74, 6) is -1.57. The van der Waals surface area contributed by atoms with Crippen molar-refractivity contribution in [3.8, 4) is 11.5 Å². The van der Waals surface area contributed by atoms with Crippen molar-refractivity contribution in [3.05, 3.63) is 118 Å². The van der Waals surface area contributed by atoms with Crippen LogP contribution >= 0.6 is 23.4 Å². The molecule has 0 fully saturated rings. The molecule has 0 bridgehead atoms. The number of rotatable bonds is 12. The van der Waals surface area contributed by atoms with Crippen molar-refractivity contribution in [2.75, 3.05) is 24.9 Å². The van der Waals surface area contributed by atoms with Crippen molar-refractivity contribution < 1.29 is 33.8 Å². The van der Waals surface area contributed by atoms with E-state index in [1.807, 2.05) is 0 Å². The lowest BCUT2D eigenvalue weighted by atomic mass is 10.1. The van der Waals surface area contributed by atoms with E-state index in [1.54, 1.807) is 79.7 Å². The van der Waals surface area contributed by atoms with Crippen LogP contribution in [0.5, 0.6) is 11.5 Å². The van der Waals surface area contributed by atoms with Crippen LogP contribution in [0.2, 0.25) is 5.02 Å². The molecule has 0 aromatic heterocycles. The number of hydrogen-bond donors (Lipinski definition) is 4. The third-order valence-electron chi connectivity index (χ3n) is 6.52. The molecule has 4 N–H and O–H groups in total. The molecule has 0 saturated heterocycles. The molecule has 0 aliphatic heterocycles. The molecule has 0 saturated carbocycles. The van der Waals surface area contributed by atoms with Gasteiger partial charge in [0.1, 0.15) is 17.2 Å². The Balaban J connectivity index is 1.48. The van der Waals surface area contributed by atoms with Crippen molar-refractivity contribution >= 4 is 64.5 Å². The molecule has 12 heteroatoms. The van der Waals surface area contributed by atoms with Crippen molar-refractivity contribution in [1.82, 2.24) is 5.32 Å². The van der Waals surface area contributed by atoms with Gasteiger partial charge in [-0.1, -0.05) is 29.8 Å². The van der Waals surface area contributed by atoms with E-state index in [1.165, 1.54) is 50.3 Å².